The Morgan fingerprint density at radius 1 is 1.11 bits per heavy atom. The highest BCUT2D eigenvalue weighted by molar-refractivity contribution is 9.10. The Hall–Kier alpha value is -3.44. The van der Waals surface area contributed by atoms with Gasteiger partial charge in [-0.2, -0.15) is 0 Å². The first-order chi connectivity index (χ1) is 17.9. The molecule has 4 aromatic rings. The van der Waals surface area contributed by atoms with Gasteiger partial charge in [0.25, 0.3) is 0 Å². The quantitative estimate of drug-likeness (QED) is 0.111. The van der Waals surface area contributed by atoms with Crippen LogP contribution in [0.1, 0.15) is 29.1 Å². The van der Waals surface area contributed by atoms with Gasteiger partial charge in [0.05, 0.1) is 11.1 Å². The standard InChI is InChI=1S/C26H24BrFN4O4S/c1-3-35-23-14-19(13-22(27)25(23)36-16-18-9-11-20(28)12-10-18)24(15-31(33)34)37-26-30-29-17(2)32(26)21-7-5-4-6-8-21/h4-14,24H,3,15-16H2,1-2H3/t24-/m0/s1. The minimum atomic E-state index is -0.581. The Balaban J connectivity index is 1.66. The number of nitrogens with zero attached hydrogens (tertiary/aromatic N) is 4. The molecule has 1 atom stereocenters. The van der Waals surface area contributed by atoms with Crippen molar-refractivity contribution in [2.24, 2.45) is 0 Å². The van der Waals surface area contributed by atoms with Crippen molar-refractivity contribution in [1.82, 2.24) is 14.8 Å². The van der Waals surface area contributed by atoms with Crippen LogP contribution in [0.15, 0.2) is 76.4 Å². The van der Waals surface area contributed by atoms with E-state index in [1.54, 1.807) is 24.3 Å². The Morgan fingerprint density at radius 3 is 2.51 bits per heavy atom. The van der Waals surface area contributed by atoms with Crippen LogP contribution in [0.4, 0.5) is 4.39 Å². The number of hydrogen-bond acceptors (Lipinski definition) is 7. The van der Waals surface area contributed by atoms with Gasteiger partial charge in [-0.05, 0) is 77.3 Å². The van der Waals surface area contributed by atoms with Crippen molar-refractivity contribution in [2.75, 3.05) is 13.2 Å². The third-order valence-corrected chi connectivity index (χ3v) is 7.14. The molecule has 0 bridgehead atoms. The van der Waals surface area contributed by atoms with Crippen LogP contribution in [0.3, 0.4) is 0 Å². The Morgan fingerprint density at radius 2 is 1.84 bits per heavy atom. The van der Waals surface area contributed by atoms with Crippen LogP contribution in [0.2, 0.25) is 0 Å². The summed E-state index contributed by atoms with van der Waals surface area (Å²) in [5.41, 5.74) is 2.33. The molecule has 0 aliphatic carbocycles. The fourth-order valence-corrected chi connectivity index (χ4v) is 5.41. The molecular formula is C26H24BrFN4O4S. The molecule has 0 aliphatic rings. The van der Waals surface area contributed by atoms with E-state index in [4.69, 9.17) is 9.47 Å². The fraction of sp³-hybridized carbons (Fsp3) is 0.231. The maximum atomic E-state index is 13.2. The topological polar surface area (TPSA) is 92.3 Å². The number of thioether (sulfide) groups is 1. The zero-order chi connectivity index (χ0) is 26.4. The number of para-hydroxylation sites is 1. The van der Waals surface area contributed by atoms with Crippen LogP contribution in [0, 0.1) is 22.9 Å². The summed E-state index contributed by atoms with van der Waals surface area (Å²) in [7, 11) is 0. The van der Waals surface area contributed by atoms with Gasteiger partial charge in [-0.15, -0.1) is 10.2 Å². The molecule has 0 saturated carbocycles. The first-order valence-corrected chi connectivity index (χ1v) is 13.1. The normalized spacial score (nSPS) is 11.8. The van der Waals surface area contributed by atoms with E-state index in [-0.39, 0.29) is 23.9 Å². The van der Waals surface area contributed by atoms with E-state index >= 15 is 0 Å². The molecular weight excluding hydrogens is 563 g/mol. The van der Waals surface area contributed by atoms with Crippen molar-refractivity contribution in [3.63, 3.8) is 0 Å². The first kappa shape index (κ1) is 26.6. The zero-order valence-electron chi connectivity index (χ0n) is 20.1. The second-order valence-corrected chi connectivity index (χ2v) is 10.0. The second-order valence-electron chi connectivity index (χ2n) is 8.00. The monoisotopic (exact) mass is 586 g/mol. The molecule has 0 fully saturated rings. The van der Waals surface area contributed by atoms with E-state index < -0.39 is 5.25 Å². The first-order valence-electron chi connectivity index (χ1n) is 11.4. The van der Waals surface area contributed by atoms with Gasteiger partial charge in [-0.25, -0.2) is 4.39 Å². The lowest BCUT2D eigenvalue weighted by atomic mass is 10.1. The molecule has 1 heterocycles. The highest BCUT2D eigenvalue weighted by atomic mass is 79.9. The van der Waals surface area contributed by atoms with E-state index in [0.29, 0.717) is 39.1 Å². The molecule has 0 aliphatic heterocycles. The molecule has 37 heavy (non-hydrogen) atoms. The molecule has 3 aromatic carbocycles. The number of aromatic nitrogens is 3. The largest absolute Gasteiger partial charge is 0.490 e. The molecule has 0 spiro atoms. The molecule has 192 valence electrons. The lowest BCUT2D eigenvalue weighted by Gasteiger charge is -2.19. The van der Waals surface area contributed by atoms with E-state index in [1.807, 2.05) is 48.7 Å². The third kappa shape index (κ3) is 6.66. The van der Waals surface area contributed by atoms with Crippen molar-refractivity contribution in [3.05, 3.63) is 104 Å². The molecule has 4 rings (SSSR count). The lowest BCUT2D eigenvalue weighted by molar-refractivity contribution is -0.479. The summed E-state index contributed by atoms with van der Waals surface area (Å²) in [5.74, 6) is 1.26. The average molecular weight is 587 g/mol. The van der Waals surface area contributed by atoms with Crippen molar-refractivity contribution < 1.29 is 18.8 Å². The summed E-state index contributed by atoms with van der Waals surface area (Å²) in [6.07, 6.45) is 0. The summed E-state index contributed by atoms with van der Waals surface area (Å²) in [6, 6.07) is 19.2. The molecule has 0 radical (unpaired) electrons. The molecule has 0 N–H and O–H groups in total. The molecule has 1 aromatic heterocycles. The second kappa shape index (κ2) is 12.2. The van der Waals surface area contributed by atoms with E-state index in [9.17, 15) is 14.5 Å². The number of benzene rings is 3. The van der Waals surface area contributed by atoms with Gasteiger partial charge in [0.15, 0.2) is 16.7 Å². The van der Waals surface area contributed by atoms with Crippen LogP contribution in [-0.4, -0.2) is 32.8 Å². The molecule has 0 amide bonds. The van der Waals surface area contributed by atoms with Crippen LogP contribution >= 0.6 is 27.7 Å². The SMILES string of the molecule is CCOc1cc([C@H](C[N+](=O)[O-])Sc2nnc(C)n2-c2ccccc2)cc(Br)c1OCc1ccc(F)cc1. The number of ether oxygens (including phenoxy) is 2. The summed E-state index contributed by atoms with van der Waals surface area (Å²) >= 11 is 4.81. The van der Waals surface area contributed by atoms with Crippen LogP contribution in [0.25, 0.3) is 5.69 Å². The van der Waals surface area contributed by atoms with Crippen molar-refractivity contribution in [2.45, 2.75) is 30.9 Å². The number of aryl methyl sites for hydroxylation is 1. The van der Waals surface area contributed by atoms with Gasteiger partial charge < -0.3 is 9.47 Å². The summed E-state index contributed by atoms with van der Waals surface area (Å²) in [6.45, 7) is 3.92. The summed E-state index contributed by atoms with van der Waals surface area (Å²) in [5, 5.41) is 20.1. The third-order valence-electron chi connectivity index (χ3n) is 5.37. The van der Waals surface area contributed by atoms with Gasteiger partial charge in [-0.1, -0.05) is 42.1 Å². The van der Waals surface area contributed by atoms with E-state index in [2.05, 4.69) is 26.1 Å². The van der Waals surface area contributed by atoms with Gasteiger partial charge in [-0.3, -0.25) is 14.7 Å². The molecule has 11 heteroatoms. The highest BCUT2D eigenvalue weighted by Crippen LogP contribution is 2.43. The Bertz CT molecular complexity index is 1370. The van der Waals surface area contributed by atoms with Crippen LogP contribution in [0.5, 0.6) is 11.5 Å². The minimum Gasteiger partial charge on any atom is -0.490 e. The van der Waals surface area contributed by atoms with E-state index in [0.717, 1.165) is 11.3 Å². The number of hydrogen-bond donors (Lipinski definition) is 0. The number of halogens is 2. The number of rotatable bonds is 11. The maximum absolute atomic E-state index is 13.2. The smallest absolute Gasteiger partial charge is 0.220 e. The van der Waals surface area contributed by atoms with Crippen molar-refractivity contribution >= 4 is 27.7 Å². The van der Waals surface area contributed by atoms with Crippen molar-refractivity contribution in [1.29, 1.82) is 0 Å². The lowest BCUT2D eigenvalue weighted by Crippen LogP contribution is -2.12. The molecule has 0 unspecified atom stereocenters. The number of nitro groups is 1. The zero-order valence-corrected chi connectivity index (χ0v) is 22.5. The van der Waals surface area contributed by atoms with Crippen molar-refractivity contribution in [3.8, 4) is 17.2 Å². The molecule has 0 saturated heterocycles. The predicted molar refractivity (Wildman–Crippen MR) is 143 cm³/mol. The van der Waals surface area contributed by atoms with Gasteiger partial charge in [0.1, 0.15) is 23.5 Å². The predicted octanol–water partition coefficient (Wildman–Crippen LogP) is 6.57. The van der Waals surface area contributed by atoms with E-state index in [1.165, 1.54) is 23.9 Å². The van der Waals surface area contributed by atoms with Gasteiger partial charge >= 0.3 is 0 Å². The Labute approximate surface area is 226 Å². The highest BCUT2D eigenvalue weighted by Gasteiger charge is 2.26. The fourth-order valence-electron chi connectivity index (χ4n) is 3.68. The summed E-state index contributed by atoms with van der Waals surface area (Å²) < 4.78 is 27.5. The van der Waals surface area contributed by atoms with Crippen LogP contribution < -0.4 is 9.47 Å². The minimum absolute atomic E-state index is 0.199. The summed E-state index contributed by atoms with van der Waals surface area (Å²) in [4.78, 5) is 11.3. The maximum Gasteiger partial charge on any atom is 0.220 e. The van der Waals surface area contributed by atoms with Gasteiger partial charge in [0, 0.05) is 10.6 Å². The Kier molecular flexibility index (Phi) is 8.78. The molecule has 8 nitrogen and oxygen atoms in total. The average Bonchev–Trinajstić information content (AvgIpc) is 3.24. The van der Waals surface area contributed by atoms with Crippen LogP contribution in [-0.2, 0) is 6.61 Å². The van der Waals surface area contributed by atoms with Gasteiger partial charge in [0.2, 0.25) is 6.54 Å².